The van der Waals surface area contributed by atoms with Crippen LogP contribution in [0.2, 0.25) is 0 Å². The highest BCUT2D eigenvalue weighted by atomic mass is 16.5. The number of Topliss-reactive ketones (excluding diaryl/α,β-unsaturated/α-hetero) is 1. The first kappa shape index (κ1) is 12.9. The Labute approximate surface area is 108 Å². The van der Waals surface area contributed by atoms with E-state index in [0.717, 1.165) is 18.7 Å². The maximum Gasteiger partial charge on any atom is 0.215 e. The Hall–Kier alpha value is -1.58. The molecule has 4 heteroatoms. The standard InChI is InChI=1S/C14H20N2O2/c1-3-18-14-6-4-5-13(15-14)16(2)11-7-9-12(17)10-8-11/h4-6,11H,3,7-10H2,1-2H3. The maximum atomic E-state index is 11.3. The van der Waals surface area contributed by atoms with Gasteiger partial charge in [-0.15, -0.1) is 0 Å². The van der Waals surface area contributed by atoms with Crippen molar-refractivity contribution in [1.29, 1.82) is 0 Å². The van der Waals surface area contributed by atoms with Gasteiger partial charge in [0.1, 0.15) is 11.6 Å². The number of hydrogen-bond acceptors (Lipinski definition) is 4. The number of carbonyl (C=O) groups excluding carboxylic acids is 1. The molecule has 1 heterocycles. The number of hydrogen-bond donors (Lipinski definition) is 0. The number of pyridine rings is 1. The Kier molecular flexibility index (Phi) is 4.18. The van der Waals surface area contributed by atoms with Gasteiger partial charge in [-0.1, -0.05) is 6.07 Å². The SMILES string of the molecule is CCOc1cccc(N(C)C2CCC(=O)CC2)n1. The fourth-order valence-corrected chi connectivity index (χ4v) is 2.33. The molecular formula is C14H20N2O2. The van der Waals surface area contributed by atoms with Crippen LogP contribution >= 0.6 is 0 Å². The molecule has 1 fully saturated rings. The van der Waals surface area contributed by atoms with Crippen molar-refractivity contribution in [3.8, 4) is 5.88 Å². The zero-order valence-electron chi connectivity index (χ0n) is 11.1. The van der Waals surface area contributed by atoms with Crippen LogP contribution in [0.1, 0.15) is 32.6 Å². The average Bonchev–Trinajstić information content (AvgIpc) is 2.39. The van der Waals surface area contributed by atoms with Gasteiger partial charge in [0.05, 0.1) is 6.61 Å². The molecule has 1 saturated carbocycles. The van der Waals surface area contributed by atoms with Crippen molar-refractivity contribution in [3.63, 3.8) is 0 Å². The van der Waals surface area contributed by atoms with Crippen molar-refractivity contribution in [1.82, 2.24) is 4.98 Å². The number of aromatic nitrogens is 1. The van der Waals surface area contributed by atoms with Crippen molar-refractivity contribution >= 4 is 11.6 Å². The van der Waals surface area contributed by atoms with Crippen molar-refractivity contribution in [2.75, 3.05) is 18.6 Å². The molecule has 4 nitrogen and oxygen atoms in total. The first-order valence-electron chi connectivity index (χ1n) is 6.55. The van der Waals surface area contributed by atoms with Crippen LogP contribution < -0.4 is 9.64 Å². The molecule has 1 aromatic heterocycles. The Morgan fingerprint density at radius 1 is 1.39 bits per heavy atom. The van der Waals surface area contributed by atoms with Crippen LogP contribution in [0.15, 0.2) is 18.2 Å². The Balaban J connectivity index is 2.05. The van der Waals surface area contributed by atoms with Gasteiger partial charge in [-0.05, 0) is 25.8 Å². The number of ketones is 1. The lowest BCUT2D eigenvalue weighted by Gasteiger charge is -2.31. The predicted molar refractivity (Wildman–Crippen MR) is 71.1 cm³/mol. The van der Waals surface area contributed by atoms with Gasteiger partial charge in [0, 0.05) is 32.0 Å². The first-order valence-corrected chi connectivity index (χ1v) is 6.55. The molecule has 0 aromatic carbocycles. The highest BCUT2D eigenvalue weighted by Gasteiger charge is 2.23. The minimum Gasteiger partial charge on any atom is -0.478 e. The van der Waals surface area contributed by atoms with Gasteiger partial charge in [-0.25, -0.2) is 0 Å². The Bertz CT molecular complexity index is 410. The minimum absolute atomic E-state index is 0.385. The van der Waals surface area contributed by atoms with Crippen molar-refractivity contribution in [2.24, 2.45) is 0 Å². The molecule has 0 spiro atoms. The van der Waals surface area contributed by atoms with Gasteiger partial charge in [-0.2, -0.15) is 4.98 Å². The van der Waals surface area contributed by atoms with Gasteiger partial charge in [0.15, 0.2) is 0 Å². The molecular weight excluding hydrogens is 228 g/mol. The van der Waals surface area contributed by atoms with E-state index in [0.29, 0.717) is 37.2 Å². The second-order valence-corrected chi connectivity index (χ2v) is 4.65. The van der Waals surface area contributed by atoms with Crippen molar-refractivity contribution in [3.05, 3.63) is 18.2 Å². The Morgan fingerprint density at radius 2 is 2.11 bits per heavy atom. The highest BCUT2D eigenvalue weighted by Crippen LogP contribution is 2.24. The van der Waals surface area contributed by atoms with E-state index >= 15 is 0 Å². The average molecular weight is 248 g/mol. The molecule has 0 N–H and O–H groups in total. The van der Waals surface area contributed by atoms with Crippen LogP contribution in [-0.2, 0) is 4.79 Å². The summed E-state index contributed by atoms with van der Waals surface area (Å²) < 4.78 is 5.41. The molecule has 1 aliphatic rings. The maximum absolute atomic E-state index is 11.3. The van der Waals surface area contributed by atoms with E-state index in [-0.39, 0.29) is 0 Å². The normalized spacial score (nSPS) is 16.7. The smallest absolute Gasteiger partial charge is 0.215 e. The summed E-state index contributed by atoms with van der Waals surface area (Å²) in [4.78, 5) is 17.9. The van der Waals surface area contributed by atoms with Gasteiger partial charge in [0.2, 0.25) is 5.88 Å². The van der Waals surface area contributed by atoms with E-state index in [2.05, 4.69) is 9.88 Å². The summed E-state index contributed by atoms with van der Waals surface area (Å²) in [6.07, 6.45) is 3.24. The third kappa shape index (κ3) is 3.00. The van der Waals surface area contributed by atoms with E-state index in [1.165, 1.54) is 0 Å². The highest BCUT2D eigenvalue weighted by molar-refractivity contribution is 5.79. The lowest BCUT2D eigenvalue weighted by molar-refractivity contribution is -0.120. The van der Waals surface area contributed by atoms with Crippen molar-refractivity contribution in [2.45, 2.75) is 38.6 Å². The van der Waals surface area contributed by atoms with Crippen LogP contribution in [0.4, 0.5) is 5.82 Å². The molecule has 2 rings (SSSR count). The predicted octanol–water partition coefficient (Wildman–Crippen LogP) is 2.43. The van der Waals surface area contributed by atoms with Crippen LogP contribution in [-0.4, -0.2) is 30.5 Å². The number of rotatable bonds is 4. The van der Waals surface area contributed by atoms with E-state index in [1.54, 1.807) is 0 Å². The number of carbonyl (C=O) groups is 1. The van der Waals surface area contributed by atoms with Crippen LogP contribution in [0.25, 0.3) is 0 Å². The summed E-state index contributed by atoms with van der Waals surface area (Å²) in [6, 6.07) is 6.22. The summed E-state index contributed by atoms with van der Waals surface area (Å²) in [5, 5.41) is 0. The number of ether oxygens (including phenoxy) is 1. The lowest BCUT2D eigenvalue weighted by Crippen LogP contribution is -2.35. The molecule has 1 aliphatic carbocycles. The number of nitrogens with zero attached hydrogens (tertiary/aromatic N) is 2. The molecule has 0 amide bonds. The summed E-state index contributed by atoms with van der Waals surface area (Å²) in [7, 11) is 2.04. The molecule has 0 aliphatic heterocycles. The molecule has 0 saturated heterocycles. The Morgan fingerprint density at radius 3 is 2.78 bits per heavy atom. The molecule has 1 aromatic rings. The molecule has 0 atom stereocenters. The van der Waals surface area contributed by atoms with E-state index < -0.39 is 0 Å². The zero-order valence-corrected chi connectivity index (χ0v) is 11.1. The van der Waals surface area contributed by atoms with Crippen LogP contribution in [0.3, 0.4) is 0 Å². The molecule has 18 heavy (non-hydrogen) atoms. The molecule has 0 unspecified atom stereocenters. The van der Waals surface area contributed by atoms with Gasteiger partial charge in [0.25, 0.3) is 0 Å². The summed E-state index contributed by atoms with van der Waals surface area (Å²) in [5.74, 6) is 1.96. The van der Waals surface area contributed by atoms with E-state index in [1.807, 2.05) is 32.2 Å². The van der Waals surface area contributed by atoms with Gasteiger partial charge >= 0.3 is 0 Å². The van der Waals surface area contributed by atoms with Crippen LogP contribution in [0, 0.1) is 0 Å². The van der Waals surface area contributed by atoms with E-state index in [4.69, 9.17) is 4.74 Å². The summed E-state index contributed by atoms with van der Waals surface area (Å²) >= 11 is 0. The molecule has 0 bridgehead atoms. The summed E-state index contributed by atoms with van der Waals surface area (Å²) in [6.45, 7) is 2.57. The van der Waals surface area contributed by atoms with Gasteiger partial charge in [-0.3, -0.25) is 4.79 Å². The zero-order chi connectivity index (χ0) is 13.0. The molecule has 0 radical (unpaired) electrons. The fourth-order valence-electron chi connectivity index (χ4n) is 2.33. The van der Waals surface area contributed by atoms with Crippen molar-refractivity contribution < 1.29 is 9.53 Å². The second-order valence-electron chi connectivity index (χ2n) is 4.65. The number of anilines is 1. The van der Waals surface area contributed by atoms with E-state index in [9.17, 15) is 4.79 Å². The topological polar surface area (TPSA) is 42.4 Å². The summed E-state index contributed by atoms with van der Waals surface area (Å²) in [5.41, 5.74) is 0. The monoisotopic (exact) mass is 248 g/mol. The first-order chi connectivity index (χ1) is 8.70. The van der Waals surface area contributed by atoms with Crippen LogP contribution in [0.5, 0.6) is 5.88 Å². The largest absolute Gasteiger partial charge is 0.478 e. The second kappa shape index (κ2) is 5.85. The molecule has 98 valence electrons. The third-order valence-electron chi connectivity index (χ3n) is 3.42. The minimum atomic E-state index is 0.385. The quantitative estimate of drug-likeness (QED) is 0.820. The fraction of sp³-hybridized carbons (Fsp3) is 0.571. The lowest BCUT2D eigenvalue weighted by atomic mass is 9.93. The third-order valence-corrected chi connectivity index (χ3v) is 3.42. The van der Waals surface area contributed by atoms with Gasteiger partial charge < -0.3 is 9.64 Å².